The fourth-order valence-electron chi connectivity index (χ4n) is 1.91. The van der Waals surface area contributed by atoms with Crippen LogP contribution in [0.1, 0.15) is 23.2 Å². The van der Waals surface area contributed by atoms with Gasteiger partial charge in [-0.3, -0.25) is 4.79 Å². The fraction of sp³-hybridized carbons (Fsp3) is 0.636. The van der Waals surface area contributed by atoms with E-state index in [9.17, 15) is 4.79 Å². The maximum absolute atomic E-state index is 12.2. The molecular formula is C11H18ClN3O3. The molecule has 1 aromatic heterocycles. The summed E-state index contributed by atoms with van der Waals surface area (Å²) < 4.78 is 9.93. The van der Waals surface area contributed by atoms with Crippen LogP contribution in [0.15, 0.2) is 10.6 Å². The van der Waals surface area contributed by atoms with E-state index in [1.54, 1.807) is 13.2 Å². The van der Waals surface area contributed by atoms with Crippen LogP contribution in [0, 0.1) is 0 Å². The standard InChI is InChI=1S/C11H17N3O3.ClH/c1-8-6-12-3-4-14(8)11(15)10-5-9(7-16-2)17-13-10;/h5,8,12H,3-4,6-7H2,1-2H3;1H/t8-;/m1./s1. The molecule has 1 N–H and O–H groups in total. The SMILES string of the molecule is COCc1cc(C(=O)N2CCNC[C@H]2C)no1.Cl. The second-order valence-electron chi connectivity index (χ2n) is 4.16. The van der Waals surface area contributed by atoms with E-state index in [4.69, 9.17) is 9.26 Å². The highest BCUT2D eigenvalue weighted by Crippen LogP contribution is 2.11. The van der Waals surface area contributed by atoms with Gasteiger partial charge in [0.1, 0.15) is 6.61 Å². The number of ether oxygens (including phenoxy) is 1. The number of amides is 1. The van der Waals surface area contributed by atoms with Crippen LogP contribution in [-0.4, -0.2) is 48.7 Å². The number of rotatable bonds is 3. The molecular weight excluding hydrogens is 258 g/mol. The molecule has 6 nitrogen and oxygen atoms in total. The van der Waals surface area contributed by atoms with Gasteiger partial charge in [0, 0.05) is 38.9 Å². The number of hydrogen-bond donors (Lipinski definition) is 1. The van der Waals surface area contributed by atoms with Gasteiger partial charge >= 0.3 is 0 Å². The van der Waals surface area contributed by atoms with E-state index in [0.717, 1.165) is 13.1 Å². The molecule has 0 saturated carbocycles. The Morgan fingerprint density at radius 2 is 2.50 bits per heavy atom. The van der Waals surface area contributed by atoms with E-state index in [0.29, 0.717) is 24.6 Å². The van der Waals surface area contributed by atoms with Gasteiger partial charge in [0.05, 0.1) is 0 Å². The van der Waals surface area contributed by atoms with Gasteiger partial charge in [0.15, 0.2) is 11.5 Å². The van der Waals surface area contributed by atoms with Crippen molar-refractivity contribution >= 4 is 18.3 Å². The third-order valence-electron chi connectivity index (χ3n) is 2.83. The van der Waals surface area contributed by atoms with Crippen LogP contribution in [0.2, 0.25) is 0 Å². The first-order valence-corrected chi connectivity index (χ1v) is 5.68. The highest BCUT2D eigenvalue weighted by Gasteiger charge is 2.26. The minimum atomic E-state index is -0.0786. The molecule has 1 atom stereocenters. The summed E-state index contributed by atoms with van der Waals surface area (Å²) in [5.74, 6) is 0.490. The number of halogens is 1. The Labute approximate surface area is 112 Å². The van der Waals surface area contributed by atoms with E-state index in [-0.39, 0.29) is 24.4 Å². The summed E-state index contributed by atoms with van der Waals surface area (Å²) in [6.45, 7) is 4.68. The second kappa shape index (κ2) is 6.72. The quantitative estimate of drug-likeness (QED) is 0.878. The minimum absolute atomic E-state index is 0. The van der Waals surface area contributed by atoms with Crippen LogP contribution < -0.4 is 5.32 Å². The molecule has 0 unspecified atom stereocenters. The van der Waals surface area contributed by atoms with Gasteiger partial charge in [-0.25, -0.2) is 0 Å². The summed E-state index contributed by atoms with van der Waals surface area (Å²) in [6, 6.07) is 1.82. The fourth-order valence-corrected chi connectivity index (χ4v) is 1.91. The topological polar surface area (TPSA) is 67.6 Å². The zero-order valence-electron chi connectivity index (χ0n) is 10.5. The van der Waals surface area contributed by atoms with Crippen molar-refractivity contribution in [2.75, 3.05) is 26.7 Å². The Kier molecular flexibility index (Phi) is 5.58. The lowest BCUT2D eigenvalue weighted by Gasteiger charge is -2.33. The van der Waals surface area contributed by atoms with Gasteiger partial charge in [-0.05, 0) is 6.92 Å². The van der Waals surface area contributed by atoms with Gasteiger partial charge in [-0.2, -0.15) is 0 Å². The molecule has 102 valence electrons. The molecule has 0 aromatic carbocycles. The number of methoxy groups -OCH3 is 1. The Balaban J connectivity index is 0.00000162. The van der Waals surface area contributed by atoms with Crippen LogP contribution >= 0.6 is 12.4 Å². The molecule has 2 rings (SSSR count). The molecule has 0 aliphatic carbocycles. The summed E-state index contributed by atoms with van der Waals surface area (Å²) in [5, 5.41) is 7.02. The van der Waals surface area contributed by atoms with E-state index in [1.165, 1.54) is 0 Å². The number of piperazine rings is 1. The molecule has 1 saturated heterocycles. The number of hydrogen-bond acceptors (Lipinski definition) is 5. The normalized spacial score (nSPS) is 19.4. The molecule has 7 heteroatoms. The molecule has 18 heavy (non-hydrogen) atoms. The van der Waals surface area contributed by atoms with E-state index in [1.807, 2.05) is 11.8 Å². The van der Waals surface area contributed by atoms with Gasteiger partial charge < -0.3 is 19.5 Å². The summed E-state index contributed by atoms with van der Waals surface area (Å²) in [5.41, 5.74) is 0.353. The predicted octanol–water partition coefficient (Wildman–Crippen LogP) is 0.677. The Bertz CT molecular complexity index is 397. The van der Waals surface area contributed by atoms with Gasteiger partial charge in [0.2, 0.25) is 0 Å². The lowest BCUT2D eigenvalue weighted by Crippen LogP contribution is -2.52. The highest BCUT2D eigenvalue weighted by atomic mass is 35.5. The van der Waals surface area contributed by atoms with Crippen LogP contribution in [-0.2, 0) is 11.3 Å². The minimum Gasteiger partial charge on any atom is -0.377 e. The summed E-state index contributed by atoms with van der Waals surface area (Å²) in [6.07, 6.45) is 0. The van der Waals surface area contributed by atoms with Gasteiger partial charge in [-0.1, -0.05) is 5.16 Å². The van der Waals surface area contributed by atoms with Crippen molar-refractivity contribution in [1.82, 2.24) is 15.4 Å². The Hall–Kier alpha value is -1.11. The zero-order valence-corrected chi connectivity index (χ0v) is 11.3. The molecule has 1 fully saturated rings. The summed E-state index contributed by atoms with van der Waals surface area (Å²) >= 11 is 0. The van der Waals surface area contributed by atoms with E-state index < -0.39 is 0 Å². The Morgan fingerprint density at radius 3 is 3.17 bits per heavy atom. The van der Waals surface area contributed by atoms with Gasteiger partial charge in [-0.15, -0.1) is 12.4 Å². The maximum atomic E-state index is 12.2. The van der Waals surface area contributed by atoms with Crippen molar-refractivity contribution in [3.8, 4) is 0 Å². The molecule has 1 aliphatic heterocycles. The number of nitrogens with zero attached hydrogens (tertiary/aromatic N) is 2. The van der Waals surface area contributed by atoms with Crippen molar-refractivity contribution in [2.24, 2.45) is 0 Å². The second-order valence-corrected chi connectivity index (χ2v) is 4.16. The molecule has 1 amide bonds. The Morgan fingerprint density at radius 1 is 1.72 bits per heavy atom. The van der Waals surface area contributed by atoms with Crippen molar-refractivity contribution in [3.63, 3.8) is 0 Å². The third kappa shape index (κ3) is 3.22. The molecule has 0 radical (unpaired) electrons. The van der Waals surface area contributed by atoms with Crippen LogP contribution in [0.25, 0.3) is 0 Å². The van der Waals surface area contributed by atoms with Crippen LogP contribution in [0.3, 0.4) is 0 Å². The van der Waals surface area contributed by atoms with Gasteiger partial charge in [0.25, 0.3) is 5.91 Å². The molecule has 1 aliphatic rings. The van der Waals surface area contributed by atoms with Crippen molar-refractivity contribution in [3.05, 3.63) is 17.5 Å². The molecule has 2 heterocycles. The number of carbonyl (C=O) groups is 1. The van der Waals surface area contributed by atoms with Crippen LogP contribution in [0.5, 0.6) is 0 Å². The van der Waals surface area contributed by atoms with E-state index >= 15 is 0 Å². The first-order valence-electron chi connectivity index (χ1n) is 5.68. The average Bonchev–Trinajstić information content (AvgIpc) is 2.78. The highest BCUT2D eigenvalue weighted by molar-refractivity contribution is 5.92. The predicted molar refractivity (Wildman–Crippen MR) is 67.8 cm³/mol. The first-order chi connectivity index (χ1) is 8.22. The summed E-state index contributed by atoms with van der Waals surface area (Å²) in [4.78, 5) is 14.0. The average molecular weight is 276 g/mol. The van der Waals surface area contributed by atoms with Crippen LogP contribution in [0.4, 0.5) is 0 Å². The largest absolute Gasteiger partial charge is 0.377 e. The zero-order chi connectivity index (χ0) is 12.3. The number of aromatic nitrogens is 1. The monoisotopic (exact) mass is 275 g/mol. The van der Waals surface area contributed by atoms with Crippen molar-refractivity contribution in [2.45, 2.75) is 19.6 Å². The van der Waals surface area contributed by atoms with Crippen molar-refractivity contribution < 1.29 is 14.1 Å². The lowest BCUT2D eigenvalue weighted by atomic mass is 10.2. The van der Waals surface area contributed by atoms with Crippen molar-refractivity contribution in [1.29, 1.82) is 0 Å². The lowest BCUT2D eigenvalue weighted by molar-refractivity contribution is 0.0644. The summed E-state index contributed by atoms with van der Waals surface area (Å²) in [7, 11) is 1.57. The first kappa shape index (κ1) is 14.9. The molecule has 0 bridgehead atoms. The number of nitrogens with one attached hydrogen (secondary N) is 1. The smallest absolute Gasteiger partial charge is 0.276 e. The number of carbonyl (C=O) groups excluding carboxylic acids is 1. The molecule has 1 aromatic rings. The maximum Gasteiger partial charge on any atom is 0.276 e. The molecule has 0 spiro atoms. The third-order valence-corrected chi connectivity index (χ3v) is 2.83. The van der Waals surface area contributed by atoms with E-state index in [2.05, 4.69) is 10.5 Å².